The maximum Gasteiger partial charge on any atom is 0.386 e. The highest BCUT2D eigenvalue weighted by Gasteiger charge is 2.43. The molecule has 0 saturated carbocycles. The Balaban J connectivity index is 1.15. The van der Waals surface area contributed by atoms with Gasteiger partial charge in [0.2, 0.25) is 5.95 Å². The van der Waals surface area contributed by atoms with Crippen LogP contribution < -0.4 is 16.9 Å². The fraction of sp³-hybridized carbons (Fsp3) is 0.476. The number of ether oxygens (including phenoxy) is 2. The minimum absolute atomic E-state index is 0.00602. The molecule has 214 valence electrons. The summed E-state index contributed by atoms with van der Waals surface area (Å²) in [5.41, 5.74) is 5.32. The normalized spacial score (nSPS) is 28.5. The predicted octanol–water partition coefficient (Wildman–Crippen LogP) is -0.192. The van der Waals surface area contributed by atoms with Crippen molar-refractivity contribution in [3.05, 3.63) is 45.6 Å². The highest BCUT2D eigenvalue weighted by molar-refractivity contribution is 8.44. The lowest BCUT2D eigenvalue weighted by Gasteiger charge is -2.24. The van der Waals surface area contributed by atoms with Crippen LogP contribution in [0.15, 0.2) is 34.5 Å². The number of anilines is 1. The zero-order chi connectivity index (χ0) is 28.2. The average molecular weight is 597 g/mol. The van der Waals surface area contributed by atoms with Crippen molar-refractivity contribution in [2.24, 2.45) is 0 Å². The maximum atomic E-state index is 13.2. The zero-order valence-corrected chi connectivity index (χ0v) is 22.4. The number of nitrogens with zero attached hydrogens (tertiary/aromatic N) is 5. The standard InChI is InChI=1S/C21H25N8O9PS/c22-21-26-17-15(19(33)27-21)25-8-29(17)20-12(3-9(5-30)36-20)38-39(34,40)35-6-13-11(31)4-14(37-13)28-2-1-10-16(28)23-7-24-18(10)32/h1-2,7-9,11-14,20,30-31H,3-6H2,(H,34,40)(H,23,24,32)(H3,22,26,27,33)/t9-,11-,12+,13+,14+,20+,39-/m0/s1. The van der Waals surface area contributed by atoms with Gasteiger partial charge in [-0.05, 0) is 6.07 Å². The minimum atomic E-state index is -4.07. The topological polar surface area (TPSA) is 235 Å². The number of thiol groups is 1. The predicted molar refractivity (Wildman–Crippen MR) is 140 cm³/mol. The quantitative estimate of drug-likeness (QED) is 0.114. The molecule has 2 saturated heterocycles. The second kappa shape index (κ2) is 10.4. The average Bonchev–Trinajstić information content (AvgIpc) is 3.68. The van der Waals surface area contributed by atoms with Gasteiger partial charge >= 0.3 is 6.80 Å². The van der Waals surface area contributed by atoms with Crippen molar-refractivity contribution in [1.29, 1.82) is 0 Å². The molecule has 6 heterocycles. The Bertz CT molecular complexity index is 1720. The van der Waals surface area contributed by atoms with Crippen LogP contribution in [-0.4, -0.2) is 81.9 Å². The largest absolute Gasteiger partial charge is 0.394 e. The van der Waals surface area contributed by atoms with E-state index in [1.165, 1.54) is 17.2 Å². The van der Waals surface area contributed by atoms with E-state index in [1.54, 1.807) is 16.8 Å². The van der Waals surface area contributed by atoms with Crippen molar-refractivity contribution in [2.45, 2.75) is 49.7 Å². The fourth-order valence-electron chi connectivity index (χ4n) is 4.92. The van der Waals surface area contributed by atoms with Crippen molar-refractivity contribution in [1.82, 2.24) is 34.1 Å². The third-order valence-corrected chi connectivity index (χ3v) is 8.41. The van der Waals surface area contributed by atoms with Gasteiger partial charge in [0.15, 0.2) is 17.4 Å². The van der Waals surface area contributed by atoms with E-state index >= 15 is 0 Å². The summed E-state index contributed by atoms with van der Waals surface area (Å²) in [6.45, 7) is -4.75. The van der Waals surface area contributed by atoms with Gasteiger partial charge in [0.05, 0.1) is 43.5 Å². The number of hydrogen-bond acceptors (Lipinski definition) is 13. The van der Waals surface area contributed by atoms with E-state index in [9.17, 15) is 24.4 Å². The van der Waals surface area contributed by atoms with Crippen LogP contribution in [0.4, 0.5) is 5.95 Å². The summed E-state index contributed by atoms with van der Waals surface area (Å²) in [4.78, 5) is 41.4. The van der Waals surface area contributed by atoms with E-state index in [4.69, 9.17) is 24.3 Å². The van der Waals surface area contributed by atoms with E-state index in [2.05, 4.69) is 37.2 Å². The van der Waals surface area contributed by atoms with Crippen LogP contribution >= 0.6 is 19.0 Å². The Morgan fingerprint density at radius 3 is 2.83 bits per heavy atom. The van der Waals surface area contributed by atoms with Crippen molar-refractivity contribution in [2.75, 3.05) is 18.9 Å². The molecular weight excluding hydrogens is 571 g/mol. The molecule has 4 aromatic rings. The van der Waals surface area contributed by atoms with Gasteiger partial charge in [0.1, 0.15) is 24.1 Å². The van der Waals surface area contributed by atoms with Gasteiger partial charge in [0, 0.05) is 19.0 Å². The molecule has 0 bridgehead atoms. The van der Waals surface area contributed by atoms with Crippen LogP contribution in [0.3, 0.4) is 0 Å². The van der Waals surface area contributed by atoms with Crippen LogP contribution in [0.1, 0.15) is 25.3 Å². The minimum Gasteiger partial charge on any atom is -0.394 e. The summed E-state index contributed by atoms with van der Waals surface area (Å²) in [6.07, 6.45) is -0.635. The summed E-state index contributed by atoms with van der Waals surface area (Å²) < 4.78 is 39.2. The summed E-state index contributed by atoms with van der Waals surface area (Å²) in [5.74, 6) is -0.138. The number of imidazole rings is 1. The van der Waals surface area contributed by atoms with Crippen molar-refractivity contribution in [3.63, 3.8) is 0 Å². The van der Waals surface area contributed by atoms with Gasteiger partial charge in [0.25, 0.3) is 11.1 Å². The molecule has 2 aliphatic heterocycles. The Kier molecular flexibility index (Phi) is 7.04. The Morgan fingerprint density at radius 2 is 2.02 bits per heavy atom. The number of nitrogens with one attached hydrogen (secondary N) is 2. The molecule has 2 aliphatic rings. The van der Waals surface area contributed by atoms with E-state index in [1.807, 2.05) is 0 Å². The molecule has 7 atom stereocenters. The van der Waals surface area contributed by atoms with Crippen molar-refractivity contribution in [3.8, 4) is 0 Å². The summed E-state index contributed by atoms with van der Waals surface area (Å²) in [6, 6.07) is 1.60. The SMILES string of the molecule is Nc1nc2c(ncn2[C@@H]2O[C@H](CO)C[C@H]2O[P@@](=O)(S)OC[C@H]2O[C@@H](n3ccc4c(=O)[nH]cnc43)C[C@@H]2O)c(=O)[nH]1. The molecule has 2 fully saturated rings. The fourth-order valence-corrected chi connectivity index (χ4v) is 6.41. The summed E-state index contributed by atoms with van der Waals surface area (Å²) >= 11 is 4.10. The number of nitrogen functional groups attached to an aromatic ring is 1. The first kappa shape index (κ1) is 27.1. The van der Waals surface area contributed by atoms with Crippen LogP contribution in [0.5, 0.6) is 0 Å². The molecule has 0 aliphatic carbocycles. The number of aliphatic hydroxyl groups excluding tert-OH is 2. The van der Waals surface area contributed by atoms with E-state index in [0.717, 1.165) is 0 Å². The first-order valence-electron chi connectivity index (χ1n) is 12.2. The molecule has 40 heavy (non-hydrogen) atoms. The number of hydrogen-bond donors (Lipinski definition) is 6. The molecule has 0 spiro atoms. The van der Waals surface area contributed by atoms with Crippen LogP contribution in [0, 0.1) is 0 Å². The zero-order valence-electron chi connectivity index (χ0n) is 20.6. The number of fused-ring (bicyclic) bond motifs is 2. The van der Waals surface area contributed by atoms with Gasteiger partial charge in [-0.2, -0.15) is 4.98 Å². The molecule has 6 rings (SSSR count). The number of nitrogens with two attached hydrogens (primary N) is 1. The first-order valence-corrected chi connectivity index (χ1v) is 14.8. The van der Waals surface area contributed by atoms with Crippen LogP contribution in [0.25, 0.3) is 22.2 Å². The summed E-state index contributed by atoms with van der Waals surface area (Å²) in [7, 11) is 0. The van der Waals surface area contributed by atoms with Crippen molar-refractivity contribution < 1.29 is 33.3 Å². The van der Waals surface area contributed by atoms with Crippen molar-refractivity contribution >= 4 is 47.2 Å². The van der Waals surface area contributed by atoms with E-state index in [-0.39, 0.29) is 48.7 Å². The Labute approximate surface area is 228 Å². The van der Waals surface area contributed by atoms with Gasteiger partial charge < -0.3 is 35.0 Å². The summed E-state index contributed by atoms with van der Waals surface area (Å²) in [5, 5.41) is 20.6. The molecule has 0 radical (unpaired) electrons. The lowest BCUT2D eigenvalue weighted by atomic mass is 10.2. The maximum absolute atomic E-state index is 13.2. The van der Waals surface area contributed by atoms with Gasteiger partial charge in [-0.15, -0.1) is 0 Å². The third kappa shape index (κ3) is 4.97. The lowest BCUT2D eigenvalue weighted by molar-refractivity contribution is -0.0519. The first-order chi connectivity index (χ1) is 19.1. The van der Waals surface area contributed by atoms with E-state index < -0.39 is 49.2 Å². The second-order valence-corrected chi connectivity index (χ2v) is 12.3. The smallest absolute Gasteiger partial charge is 0.386 e. The molecule has 0 amide bonds. The second-order valence-electron chi connectivity index (χ2n) is 9.37. The number of aromatic amines is 2. The molecule has 6 N–H and O–H groups in total. The molecular formula is C21H25N8O9PS. The Hall–Kier alpha value is -3.09. The monoisotopic (exact) mass is 596 g/mol. The molecule has 0 aromatic carbocycles. The van der Waals surface area contributed by atoms with E-state index in [0.29, 0.717) is 11.0 Å². The molecule has 4 aromatic heterocycles. The molecule has 17 nitrogen and oxygen atoms in total. The van der Waals surface area contributed by atoms with Gasteiger partial charge in [-0.25, -0.2) is 14.5 Å². The molecule has 0 unspecified atom stereocenters. The van der Waals surface area contributed by atoms with Gasteiger partial charge in [-0.3, -0.25) is 28.2 Å². The Morgan fingerprint density at radius 1 is 1.20 bits per heavy atom. The van der Waals surface area contributed by atoms with Gasteiger partial charge in [-0.1, -0.05) is 12.2 Å². The number of aromatic nitrogens is 7. The van der Waals surface area contributed by atoms with Crippen LogP contribution in [0.2, 0.25) is 0 Å². The highest BCUT2D eigenvalue weighted by Crippen LogP contribution is 2.57. The third-order valence-electron chi connectivity index (χ3n) is 6.77. The number of rotatable bonds is 8. The lowest BCUT2D eigenvalue weighted by Crippen LogP contribution is -2.27. The molecule has 19 heteroatoms. The highest BCUT2D eigenvalue weighted by atomic mass is 32.7. The van der Waals surface area contributed by atoms with Crippen LogP contribution in [-0.2, 0) is 23.1 Å². The number of aliphatic hydroxyl groups is 2. The number of H-pyrrole nitrogens is 2.